The highest BCUT2D eigenvalue weighted by Crippen LogP contribution is 2.16. The topological polar surface area (TPSA) is 52.6 Å². The second-order valence-electron chi connectivity index (χ2n) is 3.01. The van der Waals surface area contributed by atoms with E-state index in [2.05, 4.69) is 5.32 Å². The van der Waals surface area contributed by atoms with Crippen molar-refractivity contribution in [3.8, 4) is 0 Å². The van der Waals surface area contributed by atoms with Gasteiger partial charge in [-0.3, -0.25) is 0 Å². The Bertz CT molecular complexity index is 161. The van der Waals surface area contributed by atoms with E-state index in [0.717, 1.165) is 6.42 Å². The van der Waals surface area contributed by atoms with Crippen LogP contribution in [-0.2, 0) is 0 Å². The van der Waals surface area contributed by atoms with Crippen molar-refractivity contribution in [1.82, 2.24) is 10.2 Å². The third-order valence-corrected chi connectivity index (χ3v) is 2.23. The van der Waals surface area contributed by atoms with Crippen LogP contribution in [0.4, 0.5) is 4.79 Å². The number of hydrogen-bond donors (Lipinski definition) is 2. The van der Waals surface area contributed by atoms with Gasteiger partial charge in [-0.1, -0.05) is 0 Å². The number of nitrogens with zero attached hydrogens (tertiary/aromatic N) is 1. The lowest BCUT2D eigenvalue weighted by molar-refractivity contribution is 0.142. The molecule has 0 aromatic carbocycles. The molecule has 4 heteroatoms. The summed E-state index contributed by atoms with van der Waals surface area (Å²) in [6.07, 6.45) is 0.109. The maximum atomic E-state index is 10.6. The van der Waals surface area contributed by atoms with Crippen LogP contribution in [0.15, 0.2) is 0 Å². The van der Waals surface area contributed by atoms with Crippen LogP contribution in [0.5, 0.6) is 0 Å². The van der Waals surface area contributed by atoms with Crippen molar-refractivity contribution in [2.45, 2.75) is 25.4 Å². The van der Waals surface area contributed by atoms with Crippen molar-refractivity contribution in [3.05, 3.63) is 0 Å². The number of hydrogen-bond acceptors (Lipinski definition) is 2. The Balaban J connectivity index is 2.51. The number of rotatable bonds is 1. The second kappa shape index (κ2) is 3.09. The molecular formula is C7H14N2O2. The summed E-state index contributed by atoms with van der Waals surface area (Å²) in [4.78, 5) is 12.0. The normalized spacial score (nSPS) is 30.9. The fourth-order valence-corrected chi connectivity index (χ4v) is 1.51. The van der Waals surface area contributed by atoms with Crippen molar-refractivity contribution in [2.24, 2.45) is 0 Å². The summed E-state index contributed by atoms with van der Waals surface area (Å²) in [5, 5.41) is 11.8. The minimum Gasteiger partial charge on any atom is -0.465 e. The van der Waals surface area contributed by atoms with Gasteiger partial charge < -0.3 is 15.3 Å². The highest BCUT2D eigenvalue weighted by Gasteiger charge is 2.30. The molecule has 11 heavy (non-hydrogen) atoms. The number of nitrogens with one attached hydrogen (secondary N) is 1. The van der Waals surface area contributed by atoms with Crippen LogP contribution in [-0.4, -0.2) is 41.8 Å². The first-order valence-corrected chi connectivity index (χ1v) is 3.82. The largest absolute Gasteiger partial charge is 0.465 e. The maximum absolute atomic E-state index is 10.6. The Morgan fingerprint density at radius 2 is 2.36 bits per heavy atom. The summed E-state index contributed by atoms with van der Waals surface area (Å²) in [6, 6.07) is 0.492. The van der Waals surface area contributed by atoms with E-state index in [9.17, 15) is 4.79 Å². The van der Waals surface area contributed by atoms with Crippen LogP contribution < -0.4 is 5.32 Å². The van der Waals surface area contributed by atoms with Crippen LogP contribution in [0.1, 0.15) is 13.3 Å². The van der Waals surface area contributed by atoms with Crippen molar-refractivity contribution in [1.29, 1.82) is 0 Å². The Morgan fingerprint density at radius 1 is 1.73 bits per heavy atom. The predicted molar refractivity (Wildman–Crippen MR) is 41.7 cm³/mol. The smallest absolute Gasteiger partial charge is 0.407 e. The summed E-state index contributed by atoms with van der Waals surface area (Å²) in [5.41, 5.74) is 0. The lowest BCUT2D eigenvalue weighted by Gasteiger charge is -2.16. The first-order chi connectivity index (χ1) is 5.15. The third-order valence-electron chi connectivity index (χ3n) is 2.23. The van der Waals surface area contributed by atoms with E-state index in [0.29, 0.717) is 12.6 Å². The van der Waals surface area contributed by atoms with Crippen LogP contribution in [0.25, 0.3) is 0 Å². The average Bonchev–Trinajstić information content (AvgIpc) is 2.30. The van der Waals surface area contributed by atoms with Crippen LogP contribution in [0.2, 0.25) is 0 Å². The molecule has 2 unspecified atom stereocenters. The van der Waals surface area contributed by atoms with Crippen molar-refractivity contribution >= 4 is 6.09 Å². The zero-order valence-electron chi connectivity index (χ0n) is 6.87. The van der Waals surface area contributed by atoms with E-state index in [-0.39, 0.29) is 6.04 Å². The maximum Gasteiger partial charge on any atom is 0.407 e. The molecule has 1 aliphatic rings. The molecule has 0 radical (unpaired) electrons. The number of carbonyl (C=O) groups is 1. The summed E-state index contributed by atoms with van der Waals surface area (Å²) >= 11 is 0. The number of likely N-dealkylation sites (tertiary alicyclic amines) is 1. The molecular weight excluding hydrogens is 144 g/mol. The minimum atomic E-state index is -0.810. The molecule has 1 rings (SSSR count). The van der Waals surface area contributed by atoms with Crippen LogP contribution >= 0.6 is 0 Å². The number of carboxylic acid groups (broad SMARTS) is 1. The van der Waals surface area contributed by atoms with Gasteiger partial charge in [0.2, 0.25) is 0 Å². The minimum absolute atomic E-state index is 0.157. The van der Waals surface area contributed by atoms with Gasteiger partial charge >= 0.3 is 6.09 Å². The fourth-order valence-electron chi connectivity index (χ4n) is 1.51. The lowest BCUT2D eigenvalue weighted by Crippen LogP contribution is -2.34. The van der Waals surface area contributed by atoms with E-state index < -0.39 is 6.09 Å². The van der Waals surface area contributed by atoms with Gasteiger partial charge in [0.15, 0.2) is 0 Å². The average molecular weight is 158 g/mol. The lowest BCUT2D eigenvalue weighted by atomic mass is 10.2. The Hall–Kier alpha value is -0.770. The predicted octanol–water partition coefficient (Wildman–Crippen LogP) is 0.347. The summed E-state index contributed by atoms with van der Waals surface area (Å²) in [7, 11) is 1.86. The van der Waals surface area contributed by atoms with E-state index in [1.165, 1.54) is 4.90 Å². The summed E-state index contributed by atoms with van der Waals surface area (Å²) < 4.78 is 0. The Labute approximate surface area is 66.2 Å². The molecule has 1 aliphatic heterocycles. The monoisotopic (exact) mass is 158 g/mol. The van der Waals surface area contributed by atoms with Crippen molar-refractivity contribution < 1.29 is 9.90 Å². The van der Waals surface area contributed by atoms with Gasteiger partial charge in [0.1, 0.15) is 0 Å². The Kier molecular flexibility index (Phi) is 2.34. The third kappa shape index (κ3) is 1.63. The molecule has 1 saturated heterocycles. The Morgan fingerprint density at radius 3 is 2.64 bits per heavy atom. The molecule has 0 bridgehead atoms. The van der Waals surface area contributed by atoms with Crippen LogP contribution in [0, 0.1) is 0 Å². The van der Waals surface area contributed by atoms with Gasteiger partial charge in [-0.05, 0) is 20.4 Å². The van der Waals surface area contributed by atoms with Gasteiger partial charge in [0.25, 0.3) is 0 Å². The van der Waals surface area contributed by atoms with Crippen LogP contribution in [0.3, 0.4) is 0 Å². The first kappa shape index (κ1) is 8.33. The molecule has 0 saturated carbocycles. The molecule has 1 fully saturated rings. The SMILES string of the molecule is CNC1CC(C)N(C(=O)O)C1. The van der Waals surface area contributed by atoms with Gasteiger partial charge in [-0.25, -0.2) is 4.79 Å². The first-order valence-electron chi connectivity index (χ1n) is 3.82. The molecule has 0 aromatic heterocycles. The van der Waals surface area contributed by atoms with Crippen molar-refractivity contribution in [2.75, 3.05) is 13.6 Å². The van der Waals surface area contributed by atoms with Crippen molar-refractivity contribution in [3.63, 3.8) is 0 Å². The molecule has 4 nitrogen and oxygen atoms in total. The van der Waals surface area contributed by atoms with Gasteiger partial charge in [0.05, 0.1) is 0 Å². The van der Waals surface area contributed by atoms with E-state index >= 15 is 0 Å². The molecule has 0 spiro atoms. The standard InChI is InChI=1S/C7H14N2O2/c1-5-3-6(8-2)4-9(5)7(10)11/h5-6,8H,3-4H2,1-2H3,(H,10,11). The zero-order valence-corrected chi connectivity index (χ0v) is 6.87. The van der Waals surface area contributed by atoms with Gasteiger partial charge in [-0.15, -0.1) is 0 Å². The molecule has 0 aromatic rings. The highest BCUT2D eigenvalue weighted by molar-refractivity contribution is 5.65. The number of likely N-dealkylation sites (N-methyl/N-ethyl adjacent to an activating group) is 1. The fraction of sp³-hybridized carbons (Fsp3) is 0.857. The molecule has 2 N–H and O–H groups in total. The van der Waals surface area contributed by atoms with Gasteiger partial charge in [-0.2, -0.15) is 0 Å². The second-order valence-corrected chi connectivity index (χ2v) is 3.01. The summed E-state index contributed by atoms with van der Waals surface area (Å²) in [6.45, 7) is 2.55. The number of amides is 1. The van der Waals surface area contributed by atoms with E-state index in [1.54, 1.807) is 0 Å². The summed E-state index contributed by atoms with van der Waals surface area (Å²) in [5.74, 6) is 0. The highest BCUT2D eigenvalue weighted by atomic mass is 16.4. The molecule has 1 amide bonds. The quantitative estimate of drug-likeness (QED) is 0.579. The van der Waals surface area contributed by atoms with E-state index in [4.69, 9.17) is 5.11 Å². The van der Waals surface area contributed by atoms with Gasteiger partial charge in [0, 0.05) is 18.6 Å². The molecule has 1 heterocycles. The molecule has 2 atom stereocenters. The molecule has 0 aliphatic carbocycles. The zero-order chi connectivity index (χ0) is 8.43. The van der Waals surface area contributed by atoms with E-state index in [1.807, 2.05) is 14.0 Å². The molecule has 64 valence electrons.